The molecule has 10 nitrogen and oxygen atoms in total. The van der Waals surface area contributed by atoms with Gasteiger partial charge in [-0.15, -0.1) is 0 Å². The number of aromatic nitrogens is 3. The van der Waals surface area contributed by atoms with E-state index < -0.39 is 18.4 Å². The second-order valence-corrected chi connectivity index (χ2v) is 11.9. The third kappa shape index (κ3) is 7.52. The summed E-state index contributed by atoms with van der Waals surface area (Å²) in [5, 5.41) is 17.9. The molecule has 232 valence electrons. The molecule has 3 heterocycles. The SMILES string of the molecule is Cc1ccc2c(NCC(O)CF)cccc2c1Oc1ncccc1-c1ccnc(NC2CCCN(C(=O)OC(C)(C)C)C2)n1. The van der Waals surface area contributed by atoms with Crippen molar-refractivity contribution in [1.29, 1.82) is 0 Å². The second kappa shape index (κ2) is 13.4. The van der Waals surface area contributed by atoms with Crippen molar-refractivity contribution < 1.29 is 23.8 Å². The van der Waals surface area contributed by atoms with Crippen LogP contribution >= 0.6 is 0 Å². The number of alkyl halides is 1. The first-order valence-electron chi connectivity index (χ1n) is 14.8. The molecule has 1 aliphatic heterocycles. The number of aliphatic hydroxyl groups is 1. The van der Waals surface area contributed by atoms with E-state index in [1.54, 1.807) is 23.4 Å². The van der Waals surface area contributed by atoms with Crippen LogP contribution in [0.1, 0.15) is 39.2 Å². The zero-order chi connectivity index (χ0) is 31.3. The predicted molar refractivity (Wildman–Crippen MR) is 169 cm³/mol. The van der Waals surface area contributed by atoms with Gasteiger partial charge in [0.15, 0.2) is 0 Å². The number of halogens is 1. The van der Waals surface area contributed by atoms with Gasteiger partial charge in [-0.05, 0) is 70.4 Å². The number of hydrogen-bond donors (Lipinski definition) is 3. The van der Waals surface area contributed by atoms with Crippen molar-refractivity contribution >= 4 is 28.5 Å². The fraction of sp³-hybridized carbons (Fsp3) is 0.394. The number of rotatable bonds is 9. The summed E-state index contributed by atoms with van der Waals surface area (Å²) >= 11 is 0. The van der Waals surface area contributed by atoms with E-state index in [0.29, 0.717) is 41.9 Å². The Morgan fingerprint density at radius 1 is 1.11 bits per heavy atom. The van der Waals surface area contributed by atoms with Gasteiger partial charge < -0.3 is 30.1 Å². The lowest BCUT2D eigenvalue weighted by Crippen LogP contribution is -2.47. The van der Waals surface area contributed by atoms with Gasteiger partial charge in [-0.3, -0.25) is 0 Å². The number of pyridine rings is 1. The number of fused-ring (bicyclic) bond motifs is 1. The largest absolute Gasteiger partial charge is 0.444 e. The fourth-order valence-electron chi connectivity index (χ4n) is 5.12. The van der Waals surface area contributed by atoms with Crippen molar-refractivity contribution in [3.05, 3.63) is 66.5 Å². The predicted octanol–water partition coefficient (Wildman–Crippen LogP) is 6.35. The minimum absolute atomic E-state index is 0.0247. The third-order valence-corrected chi connectivity index (χ3v) is 7.22. The molecule has 0 bridgehead atoms. The van der Waals surface area contributed by atoms with E-state index >= 15 is 0 Å². The molecular formula is C33H39FN6O4. The van der Waals surface area contributed by atoms with Crippen LogP contribution in [0.25, 0.3) is 22.0 Å². The number of amides is 1. The van der Waals surface area contributed by atoms with Gasteiger partial charge >= 0.3 is 6.09 Å². The summed E-state index contributed by atoms with van der Waals surface area (Å²) in [5.74, 6) is 1.46. The number of nitrogens with one attached hydrogen (secondary N) is 2. The Kier molecular flexibility index (Phi) is 9.43. The summed E-state index contributed by atoms with van der Waals surface area (Å²) in [7, 11) is 0. The Hall–Kier alpha value is -4.51. The lowest BCUT2D eigenvalue weighted by atomic mass is 10.0. The van der Waals surface area contributed by atoms with E-state index in [4.69, 9.17) is 14.5 Å². The van der Waals surface area contributed by atoms with E-state index in [1.807, 2.05) is 70.2 Å². The quantitative estimate of drug-likeness (QED) is 0.201. The molecule has 2 aromatic carbocycles. The lowest BCUT2D eigenvalue weighted by molar-refractivity contribution is 0.0206. The van der Waals surface area contributed by atoms with Gasteiger partial charge in [0.25, 0.3) is 0 Å². The van der Waals surface area contributed by atoms with E-state index in [1.165, 1.54) is 0 Å². The van der Waals surface area contributed by atoms with Gasteiger partial charge in [0.1, 0.15) is 18.0 Å². The minimum atomic E-state index is -1.09. The molecule has 0 aliphatic carbocycles. The number of aliphatic hydroxyl groups excluding tert-OH is 1. The minimum Gasteiger partial charge on any atom is -0.444 e. The highest BCUT2D eigenvalue weighted by Crippen LogP contribution is 2.38. The number of ether oxygens (including phenoxy) is 2. The van der Waals surface area contributed by atoms with E-state index in [0.717, 1.165) is 34.9 Å². The maximum absolute atomic E-state index is 12.8. The van der Waals surface area contributed by atoms with Crippen LogP contribution in [0.5, 0.6) is 11.6 Å². The molecule has 2 aromatic heterocycles. The molecule has 0 spiro atoms. The number of carbonyl (C=O) groups excluding carboxylic acids is 1. The van der Waals surface area contributed by atoms with Gasteiger partial charge in [0.2, 0.25) is 11.8 Å². The second-order valence-electron chi connectivity index (χ2n) is 11.9. The first kappa shape index (κ1) is 30.9. The van der Waals surface area contributed by atoms with Gasteiger partial charge in [0, 0.05) is 54.5 Å². The monoisotopic (exact) mass is 602 g/mol. The standard InChI is InChI=1S/C33H39FN6O4/c1-21-12-13-24-25(9-5-11-27(24)37-19-23(41)18-34)29(21)43-30-26(10-6-15-35-30)28-14-16-36-31(39-28)38-22-8-7-17-40(20-22)32(42)44-33(2,3)4/h5-6,9-16,22-23,37,41H,7-8,17-20H2,1-4H3,(H,36,38,39). The number of likely N-dealkylation sites (tertiary alicyclic amines) is 1. The first-order chi connectivity index (χ1) is 21.1. The third-order valence-electron chi connectivity index (χ3n) is 7.22. The molecule has 4 aromatic rings. The van der Waals surface area contributed by atoms with E-state index in [9.17, 15) is 14.3 Å². The van der Waals surface area contributed by atoms with Crippen LogP contribution in [-0.2, 0) is 4.74 Å². The van der Waals surface area contributed by atoms with E-state index in [2.05, 4.69) is 20.6 Å². The highest BCUT2D eigenvalue weighted by Gasteiger charge is 2.28. The van der Waals surface area contributed by atoms with Crippen molar-refractivity contribution in [2.75, 3.05) is 36.9 Å². The molecule has 2 unspecified atom stereocenters. The van der Waals surface area contributed by atoms with Crippen molar-refractivity contribution in [3.8, 4) is 22.9 Å². The Labute approximate surface area is 256 Å². The van der Waals surface area contributed by atoms with Crippen molar-refractivity contribution in [2.24, 2.45) is 0 Å². The van der Waals surface area contributed by atoms with E-state index in [-0.39, 0.29) is 18.7 Å². The maximum Gasteiger partial charge on any atom is 0.410 e. The molecule has 11 heteroatoms. The molecule has 2 atom stereocenters. The molecule has 1 fully saturated rings. The van der Waals surface area contributed by atoms with Crippen molar-refractivity contribution in [3.63, 3.8) is 0 Å². The number of benzene rings is 2. The molecule has 0 saturated carbocycles. The van der Waals surface area contributed by atoms with Crippen LogP contribution in [0, 0.1) is 6.92 Å². The highest BCUT2D eigenvalue weighted by atomic mass is 19.1. The van der Waals surface area contributed by atoms with Gasteiger partial charge in [-0.2, -0.15) is 0 Å². The van der Waals surface area contributed by atoms with Crippen LogP contribution in [0.4, 0.5) is 20.8 Å². The summed E-state index contributed by atoms with van der Waals surface area (Å²) in [6.45, 7) is 7.95. The lowest BCUT2D eigenvalue weighted by Gasteiger charge is -2.34. The number of carbonyl (C=O) groups is 1. The number of hydrogen-bond acceptors (Lipinski definition) is 9. The van der Waals surface area contributed by atoms with Gasteiger partial charge in [0.05, 0.1) is 17.4 Å². The summed E-state index contributed by atoms with van der Waals surface area (Å²) in [4.78, 5) is 28.1. The molecule has 5 rings (SSSR count). The summed E-state index contributed by atoms with van der Waals surface area (Å²) in [6, 6.07) is 15.1. The van der Waals surface area contributed by atoms with Crippen molar-refractivity contribution in [1.82, 2.24) is 19.9 Å². The van der Waals surface area contributed by atoms with Crippen LogP contribution in [0.3, 0.4) is 0 Å². The number of piperidine rings is 1. The zero-order valence-electron chi connectivity index (χ0n) is 25.5. The van der Waals surface area contributed by atoms with Crippen LogP contribution < -0.4 is 15.4 Å². The number of aryl methyl sites for hydroxylation is 1. The molecule has 44 heavy (non-hydrogen) atoms. The summed E-state index contributed by atoms with van der Waals surface area (Å²) < 4.78 is 24.9. The van der Waals surface area contributed by atoms with Crippen LogP contribution in [-0.4, -0.2) is 75.1 Å². The Morgan fingerprint density at radius 3 is 2.75 bits per heavy atom. The van der Waals surface area contributed by atoms with Crippen LogP contribution in [0.2, 0.25) is 0 Å². The molecule has 3 N–H and O–H groups in total. The topological polar surface area (TPSA) is 122 Å². The average Bonchev–Trinajstić information content (AvgIpc) is 3.01. The number of nitrogens with zero attached hydrogens (tertiary/aromatic N) is 4. The molecule has 1 saturated heterocycles. The summed E-state index contributed by atoms with van der Waals surface area (Å²) in [6.07, 6.45) is 3.66. The highest BCUT2D eigenvalue weighted by molar-refractivity contribution is 5.98. The zero-order valence-corrected chi connectivity index (χ0v) is 25.5. The van der Waals surface area contributed by atoms with Gasteiger partial charge in [-0.1, -0.05) is 24.3 Å². The Morgan fingerprint density at radius 2 is 1.95 bits per heavy atom. The molecule has 1 aliphatic rings. The molecule has 1 amide bonds. The number of anilines is 2. The Balaban J connectivity index is 1.37. The smallest absolute Gasteiger partial charge is 0.410 e. The normalized spacial score (nSPS) is 16.0. The molecule has 0 radical (unpaired) electrons. The molecular weight excluding hydrogens is 563 g/mol. The summed E-state index contributed by atoms with van der Waals surface area (Å²) in [5.41, 5.74) is 2.44. The van der Waals surface area contributed by atoms with Gasteiger partial charge in [-0.25, -0.2) is 24.1 Å². The maximum atomic E-state index is 12.8. The average molecular weight is 603 g/mol. The first-order valence-corrected chi connectivity index (χ1v) is 14.8. The fourth-order valence-corrected chi connectivity index (χ4v) is 5.12. The van der Waals surface area contributed by atoms with Crippen molar-refractivity contribution in [2.45, 2.75) is 58.3 Å². The van der Waals surface area contributed by atoms with Crippen LogP contribution in [0.15, 0.2) is 60.9 Å². The Bertz CT molecular complexity index is 1610.